The first-order valence-electron chi connectivity index (χ1n) is 6.96. The molecule has 114 valence electrons. The zero-order valence-electron chi connectivity index (χ0n) is 12.5. The molecule has 2 aromatic heterocycles. The molecule has 0 bridgehead atoms. The van der Waals surface area contributed by atoms with Gasteiger partial charge < -0.3 is 5.73 Å². The number of aryl methyl sites for hydroxylation is 1. The number of hydrogen-bond donors (Lipinski definition) is 1. The first-order valence-corrected chi connectivity index (χ1v) is 9.41. The maximum atomic E-state index is 9.30. The van der Waals surface area contributed by atoms with E-state index < -0.39 is 0 Å². The molecule has 0 spiro atoms. The van der Waals surface area contributed by atoms with E-state index in [4.69, 9.17) is 5.73 Å². The van der Waals surface area contributed by atoms with Gasteiger partial charge in [-0.15, -0.1) is 11.8 Å². The highest BCUT2D eigenvalue weighted by Crippen LogP contribution is 2.31. The van der Waals surface area contributed by atoms with E-state index in [1.807, 2.05) is 12.5 Å². The van der Waals surface area contributed by atoms with E-state index in [0.717, 1.165) is 47.9 Å². The van der Waals surface area contributed by atoms with Crippen molar-refractivity contribution in [3.8, 4) is 11.9 Å². The number of nitrogens with two attached hydrogens (primary N) is 1. The van der Waals surface area contributed by atoms with E-state index in [2.05, 4.69) is 21.1 Å². The van der Waals surface area contributed by atoms with Gasteiger partial charge >= 0.3 is 0 Å². The van der Waals surface area contributed by atoms with Crippen molar-refractivity contribution in [2.45, 2.75) is 35.9 Å². The summed E-state index contributed by atoms with van der Waals surface area (Å²) in [6.07, 6.45) is 7.98. The molecule has 1 aliphatic rings. The van der Waals surface area contributed by atoms with Crippen molar-refractivity contribution in [2.24, 2.45) is 0 Å². The Balaban J connectivity index is 2.24. The second kappa shape index (κ2) is 6.18. The highest BCUT2D eigenvalue weighted by Gasteiger charge is 2.23. The van der Waals surface area contributed by atoms with E-state index in [9.17, 15) is 5.26 Å². The summed E-state index contributed by atoms with van der Waals surface area (Å²) in [6.45, 7) is 0. The van der Waals surface area contributed by atoms with E-state index in [-0.39, 0.29) is 0 Å². The lowest BCUT2D eigenvalue weighted by molar-refractivity contribution is 0.633. The largest absolute Gasteiger partial charge is 0.382 e. The number of nitrogen functional groups attached to an aromatic ring is 1. The predicted octanol–water partition coefficient (Wildman–Crippen LogP) is 2.44. The highest BCUT2D eigenvalue weighted by atomic mass is 32.2. The van der Waals surface area contributed by atoms with Gasteiger partial charge in [0.2, 0.25) is 0 Å². The van der Waals surface area contributed by atoms with Crippen LogP contribution in [0.2, 0.25) is 0 Å². The predicted molar refractivity (Wildman–Crippen MR) is 88.5 cm³/mol. The summed E-state index contributed by atoms with van der Waals surface area (Å²) >= 11 is 2.92. The Morgan fingerprint density at radius 1 is 1.18 bits per heavy atom. The molecule has 2 heterocycles. The third-order valence-electron chi connectivity index (χ3n) is 3.72. The molecule has 1 aliphatic carbocycles. The molecule has 0 atom stereocenters. The third kappa shape index (κ3) is 2.44. The van der Waals surface area contributed by atoms with Gasteiger partial charge in [0, 0.05) is 5.56 Å². The third-order valence-corrected chi connectivity index (χ3v) is 4.94. The van der Waals surface area contributed by atoms with Crippen LogP contribution in [0.1, 0.15) is 29.7 Å². The first-order chi connectivity index (χ1) is 10.7. The van der Waals surface area contributed by atoms with Crippen LogP contribution >= 0.6 is 23.5 Å². The van der Waals surface area contributed by atoms with E-state index in [1.165, 1.54) is 23.5 Å². The Hall–Kier alpha value is -1.72. The number of nitrogens with zero attached hydrogens (tertiary/aromatic N) is 5. The molecule has 6 nitrogen and oxygen atoms in total. The maximum Gasteiger partial charge on any atom is 0.189 e. The van der Waals surface area contributed by atoms with E-state index >= 15 is 0 Å². The van der Waals surface area contributed by atoms with Crippen LogP contribution in [0, 0.1) is 11.3 Å². The summed E-state index contributed by atoms with van der Waals surface area (Å²) in [4.78, 5) is 9.23. The molecule has 8 heteroatoms. The molecule has 3 rings (SSSR count). The number of fused-ring (bicyclic) bond motifs is 1. The zero-order valence-corrected chi connectivity index (χ0v) is 14.1. The summed E-state index contributed by atoms with van der Waals surface area (Å²) in [7, 11) is 0. The Morgan fingerprint density at radius 3 is 2.59 bits per heavy atom. The van der Waals surface area contributed by atoms with Gasteiger partial charge in [-0.1, -0.05) is 11.8 Å². The average molecular weight is 332 g/mol. The minimum absolute atomic E-state index is 0.352. The second-order valence-electron chi connectivity index (χ2n) is 4.96. The molecule has 0 amide bonds. The van der Waals surface area contributed by atoms with Crippen molar-refractivity contribution in [2.75, 3.05) is 18.2 Å². The summed E-state index contributed by atoms with van der Waals surface area (Å²) < 4.78 is 1.61. The average Bonchev–Trinajstić information content (AvgIpc) is 2.89. The van der Waals surface area contributed by atoms with Crippen LogP contribution in [0.15, 0.2) is 10.2 Å². The van der Waals surface area contributed by atoms with Crippen LogP contribution < -0.4 is 5.73 Å². The number of nitriles is 1. The fraction of sp³-hybridized carbons (Fsp3) is 0.429. The summed E-state index contributed by atoms with van der Waals surface area (Å²) in [5.74, 6) is 1.08. The maximum absolute atomic E-state index is 9.30. The molecule has 0 unspecified atom stereocenters. The number of thioether (sulfide) groups is 2. The van der Waals surface area contributed by atoms with Crippen molar-refractivity contribution >= 4 is 29.3 Å². The van der Waals surface area contributed by atoms with Crippen molar-refractivity contribution in [1.82, 2.24) is 19.7 Å². The summed E-state index contributed by atoms with van der Waals surface area (Å²) in [6, 6.07) is 2.14. The zero-order chi connectivity index (χ0) is 15.7. The quantitative estimate of drug-likeness (QED) is 0.681. The normalized spacial score (nSPS) is 13.7. The molecule has 0 aliphatic heterocycles. The first kappa shape index (κ1) is 15.2. The number of anilines is 1. The second-order valence-corrected chi connectivity index (χ2v) is 6.53. The number of hydrogen-bond acceptors (Lipinski definition) is 7. The van der Waals surface area contributed by atoms with Gasteiger partial charge in [-0.25, -0.2) is 9.97 Å². The lowest BCUT2D eigenvalue weighted by atomic mass is 9.96. The minimum Gasteiger partial charge on any atom is -0.382 e. The molecule has 22 heavy (non-hydrogen) atoms. The Labute approximate surface area is 137 Å². The van der Waals surface area contributed by atoms with Crippen LogP contribution in [-0.4, -0.2) is 32.3 Å². The van der Waals surface area contributed by atoms with Gasteiger partial charge in [0.25, 0.3) is 0 Å². The van der Waals surface area contributed by atoms with E-state index in [1.54, 1.807) is 4.68 Å². The van der Waals surface area contributed by atoms with Crippen molar-refractivity contribution < 1.29 is 0 Å². The van der Waals surface area contributed by atoms with Gasteiger partial charge in [0.1, 0.15) is 22.5 Å². The van der Waals surface area contributed by atoms with Gasteiger partial charge in [-0.3, -0.25) is 0 Å². The van der Waals surface area contributed by atoms with Crippen molar-refractivity contribution in [3.63, 3.8) is 0 Å². The van der Waals surface area contributed by atoms with Crippen LogP contribution in [0.25, 0.3) is 5.82 Å². The SMILES string of the molecule is CSc1nc2c(c(-n3nc(SC)c(C#N)c3N)n1)CCCC2. The topological polar surface area (TPSA) is 93.4 Å². The molecule has 0 aromatic carbocycles. The number of rotatable bonds is 3. The molecule has 2 N–H and O–H groups in total. The molecule has 0 saturated heterocycles. The fourth-order valence-electron chi connectivity index (χ4n) is 2.64. The smallest absolute Gasteiger partial charge is 0.189 e. The van der Waals surface area contributed by atoms with Crippen molar-refractivity contribution in [3.05, 3.63) is 16.8 Å². The van der Waals surface area contributed by atoms with Crippen LogP contribution in [0.4, 0.5) is 5.82 Å². The summed E-state index contributed by atoms with van der Waals surface area (Å²) in [5, 5.41) is 15.1. The monoisotopic (exact) mass is 332 g/mol. The lowest BCUT2D eigenvalue weighted by Crippen LogP contribution is -2.15. The molecule has 0 fully saturated rings. The van der Waals surface area contributed by atoms with Gasteiger partial charge in [0.15, 0.2) is 11.0 Å². The van der Waals surface area contributed by atoms with Gasteiger partial charge in [0.05, 0.1) is 5.69 Å². The molecule has 2 aromatic rings. The van der Waals surface area contributed by atoms with Gasteiger partial charge in [-0.2, -0.15) is 15.0 Å². The molecular formula is C14H16N6S2. The Kier molecular flexibility index (Phi) is 4.27. The molecule has 0 radical (unpaired) electrons. The van der Waals surface area contributed by atoms with E-state index in [0.29, 0.717) is 16.4 Å². The van der Waals surface area contributed by atoms with Crippen LogP contribution in [-0.2, 0) is 12.8 Å². The minimum atomic E-state index is 0.352. The summed E-state index contributed by atoms with van der Waals surface area (Å²) in [5.41, 5.74) is 8.75. The molecular weight excluding hydrogens is 316 g/mol. The fourth-order valence-corrected chi connectivity index (χ4v) is 3.54. The standard InChI is InChI=1S/C14H16N6S2/c1-21-13-9(7-15)11(16)20(19-13)12-8-5-3-4-6-10(8)17-14(18-12)22-2/h3-6,16H2,1-2H3. The van der Waals surface area contributed by atoms with Crippen LogP contribution in [0.5, 0.6) is 0 Å². The molecule has 0 saturated carbocycles. The highest BCUT2D eigenvalue weighted by molar-refractivity contribution is 7.98. The lowest BCUT2D eigenvalue weighted by Gasteiger charge is -2.18. The Bertz CT molecular complexity index is 762. The number of aromatic nitrogens is 4. The van der Waals surface area contributed by atoms with Gasteiger partial charge in [-0.05, 0) is 38.2 Å². The van der Waals surface area contributed by atoms with Crippen LogP contribution in [0.3, 0.4) is 0 Å². The Morgan fingerprint density at radius 2 is 1.95 bits per heavy atom. The van der Waals surface area contributed by atoms with Crippen molar-refractivity contribution in [1.29, 1.82) is 5.26 Å².